The van der Waals surface area contributed by atoms with Crippen molar-refractivity contribution in [2.45, 2.75) is 25.9 Å². The summed E-state index contributed by atoms with van der Waals surface area (Å²) in [6.45, 7) is 3.86. The van der Waals surface area contributed by atoms with E-state index >= 15 is 0 Å². The summed E-state index contributed by atoms with van der Waals surface area (Å²) in [5.74, 6) is -0.0106. The summed E-state index contributed by atoms with van der Waals surface area (Å²) in [6, 6.07) is 9.87. The van der Waals surface area contributed by atoms with Crippen molar-refractivity contribution < 1.29 is 10.2 Å². The van der Waals surface area contributed by atoms with Gasteiger partial charge in [0.05, 0.1) is 6.10 Å². The Hall–Kier alpha value is -0.860. The third-order valence-electron chi connectivity index (χ3n) is 2.71. The van der Waals surface area contributed by atoms with Crippen LogP contribution in [0.2, 0.25) is 0 Å². The molecule has 0 fully saturated rings. The largest absolute Gasteiger partial charge is 0.396 e. The second kappa shape index (κ2) is 5.13. The fraction of sp³-hybridized carbons (Fsp3) is 0.500. The zero-order chi connectivity index (χ0) is 10.6. The van der Waals surface area contributed by atoms with Crippen molar-refractivity contribution >= 4 is 0 Å². The standard InChI is InChI=1S/C12H18O2/c1-9(8-13)12(14)10(2)11-6-4-3-5-7-11/h3-7,9-10,12-14H,8H2,1-2H3/t9-,10-,12-/m0/s1. The van der Waals surface area contributed by atoms with Gasteiger partial charge in [0.1, 0.15) is 0 Å². The molecule has 0 spiro atoms. The van der Waals surface area contributed by atoms with Gasteiger partial charge in [-0.15, -0.1) is 0 Å². The molecule has 1 rings (SSSR count). The molecule has 0 saturated carbocycles. The van der Waals surface area contributed by atoms with E-state index in [2.05, 4.69) is 0 Å². The van der Waals surface area contributed by atoms with Crippen LogP contribution >= 0.6 is 0 Å². The van der Waals surface area contributed by atoms with Crippen LogP contribution in [-0.4, -0.2) is 22.9 Å². The summed E-state index contributed by atoms with van der Waals surface area (Å²) in [4.78, 5) is 0. The first-order valence-electron chi connectivity index (χ1n) is 5.00. The van der Waals surface area contributed by atoms with Crippen molar-refractivity contribution in [1.82, 2.24) is 0 Å². The molecule has 0 aromatic heterocycles. The fourth-order valence-corrected chi connectivity index (χ4v) is 1.55. The van der Waals surface area contributed by atoms with Crippen molar-refractivity contribution in [3.8, 4) is 0 Å². The Kier molecular flexibility index (Phi) is 4.11. The molecule has 0 bridgehead atoms. The summed E-state index contributed by atoms with van der Waals surface area (Å²) >= 11 is 0. The van der Waals surface area contributed by atoms with Gasteiger partial charge >= 0.3 is 0 Å². The molecular formula is C12H18O2. The molecule has 0 unspecified atom stereocenters. The van der Waals surface area contributed by atoms with Gasteiger partial charge in [-0.2, -0.15) is 0 Å². The van der Waals surface area contributed by atoms with Crippen LogP contribution in [-0.2, 0) is 0 Å². The maximum absolute atomic E-state index is 9.88. The molecule has 0 heterocycles. The van der Waals surface area contributed by atoms with Gasteiger partial charge in [0.15, 0.2) is 0 Å². The second-order valence-corrected chi connectivity index (χ2v) is 3.85. The van der Waals surface area contributed by atoms with E-state index in [1.54, 1.807) is 0 Å². The van der Waals surface area contributed by atoms with Gasteiger partial charge in [0.25, 0.3) is 0 Å². The monoisotopic (exact) mass is 194 g/mol. The highest BCUT2D eigenvalue weighted by Gasteiger charge is 2.21. The third-order valence-corrected chi connectivity index (χ3v) is 2.71. The quantitative estimate of drug-likeness (QED) is 0.767. The molecule has 0 aliphatic rings. The Labute approximate surface area is 85.2 Å². The molecule has 0 amide bonds. The average molecular weight is 194 g/mol. The Morgan fingerprint density at radius 2 is 1.71 bits per heavy atom. The Morgan fingerprint density at radius 3 is 2.21 bits per heavy atom. The van der Waals surface area contributed by atoms with Crippen LogP contribution in [0.25, 0.3) is 0 Å². The number of hydrogen-bond donors (Lipinski definition) is 2. The summed E-state index contributed by atoms with van der Waals surface area (Å²) in [7, 11) is 0. The number of aliphatic hydroxyl groups is 2. The van der Waals surface area contributed by atoms with Gasteiger partial charge < -0.3 is 10.2 Å². The second-order valence-electron chi connectivity index (χ2n) is 3.85. The van der Waals surface area contributed by atoms with E-state index in [4.69, 9.17) is 5.11 Å². The van der Waals surface area contributed by atoms with Crippen LogP contribution in [0.5, 0.6) is 0 Å². The lowest BCUT2D eigenvalue weighted by Gasteiger charge is -2.23. The van der Waals surface area contributed by atoms with Crippen LogP contribution in [0.1, 0.15) is 25.3 Å². The SMILES string of the molecule is C[C@@H](CO)[C@H](O)[C@@H](C)c1ccccc1. The van der Waals surface area contributed by atoms with Crippen LogP contribution in [0.4, 0.5) is 0 Å². The molecule has 0 aliphatic heterocycles. The van der Waals surface area contributed by atoms with Crippen LogP contribution in [0, 0.1) is 5.92 Å². The van der Waals surface area contributed by atoms with Crippen molar-refractivity contribution in [3.05, 3.63) is 35.9 Å². The summed E-state index contributed by atoms with van der Waals surface area (Å²) < 4.78 is 0. The molecule has 1 aromatic carbocycles. The van der Waals surface area contributed by atoms with E-state index in [1.807, 2.05) is 44.2 Å². The predicted octanol–water partition coefficient (Wildman–Crippen LogP) is 1.78. The van der Waals surface area contributed by atoms with E-state index in [9.17, 15) is 5.11 Å². The molecule has 2 N–H and O–H groups in total. The van der Waals surface area contributed by atoms with E-state index in [0.717, 1.165) is 5.56 Å². The molecule has 1 aromatic rings. The van der Waals surface area contributed by atoms with Gasteiger partial charge in [-0.05, 0) is 5.56 Å². The first kappa shape index (κ1) is 11.2. The number of rotatable bonds is 4. The topological polar surface area (TPSA) is 40.5 Å². The van der Waals surface area contributed by atoms with Crippen molar-refractivity contribution in [2.75, 3.05) is 6.61 Å². The number of benzene rings is 1. The Bertz CT molecular complexity index is 258. The van der Waals surface area contributed by atoms with Gasteiger partial charge in [-0.1, -0.05) is 44.2 Å². The summed E-state index contributed by atoms with van der Waals surface area (Å²) in [5, 5.41) is 18.8. The summed E-state index contributed by atoms with van der Waals surface area (Å²) in [6.07, 6.45) is -0.484. The van der Waals surface area contributed by atoms with Crippen molar-refractivity contribution in [1.29, 1.82) is 0 Å². The average Bonchev–Trinajstić information content (AvgIpc) is 2.27. The smallest absolute Gasteiger partial charge is 0.0653 e. The molecule has 0 radical (unpaired) electrons. The minimum absolute atomic E-state index is 0.0261. The first-order valence-corrected chi connectivity index (χ1v) is 5.00. The third kappa shape index (κ3) is 2.56. The highest BCUT2D eigenvalue weighted by atomic mass is 16.3. The van der Waals surface area contributed by atoms with Gasteiger partial charge in [0.2, 0.25) is 0 Å². The fourth-order valence-electron chi connectivity index (χ4n) is 1.55. The van der Waals surface area contributed by atoms with E-state index in [-0.39, 0.29) is 18.4 Å². The lowest BCUT2D eigenvalue weighted by Crippen LogP contribution is -2.26. The Balaban J connectivity index is 2.70. The molecule has 2 nitrogen and oxygen atoms in total. The van der Waals surface area contributed by atoms with E-state index < -0.39 is 6.10 Å². The first-order chi connectivity index (χ1) is 6.66. The number of aliphatic hydroxyl groups excluding tert-OH is 2. The normalized spacial score (nSPS) is 17.4. The lowest BCUT2D eigenvalue weighted by atomic mass is 9.88. The van der Waals surface area contributed by atoms with E-state index in [0.29, 0.717) is 0 Å². The zero-order valence-corrected chi connectivity index (χ0v) is 8.72. The lowest BCUT2D eigenvalue weighted by molar-refractivity contribution is 0.0598. The molecule has 2 heteroatoms. The van der Waals surface area contributed by atoms with Gasteiger partial charge in [-0.3, -0.25) is 0 Å². The zero-order valence-electron chi connectivity index (χ0n) is 8.72. The maximum atomic E-state index is 9.88. The predicted molar refractivity (Wildman–Crippen MR) is 57.1 cm³/mol. The van der Waals surface area contributed by atoms with Crippen LogP contribution in [0.3, 0.4) is 0 Å². The van der Waals surface area contributed by atoms with E-state index in [1.165, 1.54) is 0 Å². The van der Waals surface area contributed by atoms with Crippen LogP contribution < -0.4 is 0 Å². The minimum Gasteiger partial charge on any atom is -0.396 e. The summed E-state index contributed by atoms with van der Waals surface area (Å²) in [5.41, 5.74) is 1.11. The highest BCUT2D eigenvalue weighted by molar-refractivity contribution is 5.20. The highest BCUT2D eigenvalue weighted by Crippen LogP contribution is 2.23. The minimum atomic E-state index is -0.484. The van der Waals surface area contributed by atoms with Crippen LogP contribution in [0.15, 0.2) is 30.3 Å². The number of hydrogen-bond acceptors (Lipinski definition) is 2. The molecular weight excluding hydrogens is 176 g/mol. The molecule has 3 atom stereocenters. The Morgan fingerprint density at radius 1 is 1.14 bits per heavy atom. The van der Waals surface area contributed by atoms with Crippen molar-refractivity contribution in [3.63, 3.8) is 0 Å². The maximum Gasteiger partial charge on any atom is 0.0653 e. The van der Waals surface area contributed by atoms with Gasteiger partial charge in [-0.25, -0.2) is 0 Å². The molecule has 78 valence electrons. The molecule has 0 aliphatic carbocycles. The van der Waals surface area contributed by atoms with Crippen molar-refractivity contribution in [2.24, 2.45) is 5.92 Å². The molecule has 14 heavy (non-hydrogen) atoms. The van der Waals surface area contributed by atoms with Gasteiger partial charge in [0, 0.05) is 18.4 Å². The molecule has 0 saturated heterocycles.